The molecule has 3 aliphatic carbocycles. The summed E-state index contributed by atoms with van der Waals surface area (Å²) >= 11 is 0. The first-order valence-electron chi connectivity index (χ1n) is 10.8. The summed E-state index contributed by atoms with van der Waals surface area (Å²) in [6.07, 6.45) is 0.192. The van der Waals surface area contributed by atoms with Crippen molar-refractivity contribution in [1.29, 1.82) is 0 Å². The van der Waals surface area contributed by atoms with Crippen molar-refractivity contribution in [3.05, 3.63) is 45.9 Å². The zero-order valence-corrected chi connectivity index (χ0v) is 18.7. The number of nitrogens with two attached hydrogens (primary N) is 1. The largest absolute Gasteiger partial charge is 0.510 e. The highest BCUT2D eigenvalue weighted by molar-refractivity contribution is 6.24. The van der Waals surface area contributed by atoms with Gasteiger partial charge in [0.05, 0.1) is 18.2 Å². The maximum Gasteiger partial charge on any atom is 0.255 e. The summed E-state index contributed by atoms with van der Waals surface area (Å²) in [5.74, 6) is -7.08. The second-order valence-corrected chi connectivity index (χ2v) is 9.06. The molecule has 0 saturated heterocycles. The Morgan fingerprint density at radius 3 is 2.50 bits per heavy atom. The second kappa shape index (κ2) is 8.12. The molecule has 182 valence electrons. The van der Waals surface area contributed by atoms with Gasteiger partial charge in [-0.15, -0.1) is 0 Å². The van der Waals surface area contributed by atoms with Crippen LogP contribution >= 0.6 is 0 Å². The predicted octanol–water partition coefficient (Wildman–Crippen LogP) is -0.793. The molecule has 11 heteroatoms. The molecule has 4 atom stereocenters. The van der Waals surface area contributed by atoms with E-state index >= 15 is 0 Å². The number of carbonyl (C=O) groups excluding carboxylic acids is 3. The van der Waals surface area contributed by atoms with Gasteiger partial charge in [0.2, 0.25) is 5.78 Å². The summed E-state index contributed by atoms with van der Waals surface area (Å²) in [4.78, 5) is 40.4. The first-order chi connectivity index (χ1) is 16.0. The van der Waals surface area contributed by atoms with Crippen molar-refractivity contribution in [2.75, 3.05) is 32.1 Å². The minimum absolute atomic E-state index is 0.0193. The number of amides is 1. The van der Waals surface area contributed by atoms with Crippen LogP contribution in [0.3, 0.4) is 0 Å². The molecule has 1 aromatic carbocycles. The number of phenolic OH excluding ortho intramolecular Hbond substituents is 1. The Kier molecular flexibility index (Phi) is 5.67. The molecule has 0 aromatic heterocycles. The second-order valence-electron chi connectivity index (χ2n) is 9.06. The Morgan fingerprint density at radius 2 is 1.91 bits per heavy atom. The van der Waals surface area contributed by atoms with Crippen molar-refractivity contribution >= 4 is 23.2 Å². The number of Topliss-reactive ketones (excluding diaryl/α,β-unsaturated/α-hetero) is 2. The monoisotopic (exact) mass is 473 g/mol. The minimum atomic E-state index is -2.71. The molecule has 34 heavy (non-hydrogen) atoms. The molecule has 0 heterocycles. The quantitative estimate of drug-likeness (QED) is 0.266. The summed E-state index contributed by atoms with van der Waals surface area (Å²) in [7, 11) is 3.56. The molecule has 0 aliphatic heterocycles. The fraction of sp³-hybridized carbons (Fsp3) is 0.435. The maximum absolute atomic E-state index is 13.5. The van der Waals surface area contributed by atoms with Crippen LogP contribution in [0.25, 0.3) is 0 Å². The zero-order valence-electron chi connectivity index (χ0n) is 18.7. The molecule has 0 radical (unpaired) electrons. The number of aliphatic hydroxyl groups excluding tert-OH is 3. The highest BCUT2D eigenvalue weighted by atomic mass is 16.3. The number of phenols is 1. The molecule has 11 nitrogen and oxygen atoms in total. The maximum atomic E-state index is 13.5. The molecule has 0 saturated carbocycles. The van der Waals surface area contributed by atoms with Crippen molar-refractivity contribution in [1.82, 2.24) is 5.32 Å². The van der Waals surface area contributed by atoms with Crippen LogP contribution in [0, 0.1) is 11.8 Å². The molecular weight excluding hydrogens is 446 g/mol. The molecule has 4 rings (SSSR count). The van der Waals surface area contributed by atoms with Crippen LogP contribution in [0.15, 0.2) is 34.8 Å². The van der Waals surface area contributed by atoms with Gasteiger partial charge in [-0.1, -0.05) is 0 Å². The molecule has 1 unspecified atom stereocenters. The van der Waals surface area contributed by atoms with Gasteiger partial charge in [0.1, 0.15) is 22.8 Å². The number of hydrogen-bond donors (Lipinski definition) is 7. The SMILES string of the molecule is CN(C)c1ccc(O)c2c1C[C@H]1C[C@H]3C(NCCO)C(O)=C(C(N)=O)C(=O)[C@@]3(O)C(O)=C1C2=O. The lowest BCUT2D eigenvalue weighted by molar-refractivity contribution is -0.146. The predicted molar refractivity (Wildman–Crippen MR) is 119 cm³/mol. The van der Waals surface area contributed by atoms with Crippen LogP contribution in [0.5, 0.6) is 5.75 Å². The van der Waals surface area contributed by atoms with E-state index in [2.05, 4.69) is 5.32 Å². The molecule has 0 spiro atoms. The lowest BCUT2D eigenvalue weighted by Crippen LogP contribution is -2.64. The molecule has 1 amide bonds. The van der Waals surface area contributed by atoms with E-state index in [1.807, 2.05) is 0 Å². The van der Waals surface area contributed by atoms with E-state index in [1.54, 1.807) is 25.1 Å². The van der Waals surface area contributed by atoms with Gasteiger partial charge in [0.25, 0.3) is 5.91 Å². The van der Waals surface area contributed by atoms with Gasteiger partial charge in [-0.2, -0.15) is 0 Å². The molecule has 0 fully saturated rings. The number of anilines is 1. The third-order valence-electron chi connectivity index (χ3n) is 7.02. The Balaban J connectivity index is 1.94. The van der Waals surface area contributed by atoms with Gasteiger partial charge in [-0.3, -0.25) is 14.4 Å². The third-order valence-corrected chi connectivity index (χ3v) is 7.02. The summed E-state index contributed by atoms with van der Waals surface area (Å²) in [5.41, 5.74) is 2.68. The van der Waals surface area contributed by atoms with Crippen LogP contribution < -0.4 is 16.0 Å². The average Bonchev–Trinajstić information content (AvgIpc) is 2.75. The average molecular weight is 473 g/mol. The Bertz CT molecular complexity index is 1170. The van der Waals surface area contributed by atoms with Crippen molar-refractivity contribution < 1.29 is 39.9 Å². The minimum Gasteiger partial charge on any atom is -0.510 e. The summed E-state index contributed by atoms with van der Waals surface area (Å²) < 4.78 is 0. The summed E-state index contributed by atoms with van der Waals surface area (Å²) in [6.45, 7) is -0.396. The highest BCUT2D eigenvalue weighted by Crippen LogP contribution is 2.52. The van der Waals surface area contributed by atoms with Gasteiger partial charge in [-0.25, -0.2) is 0 Å². The van der Waals surface area contributed by atoms with Gasteiger partial charge >= 0.3 is 0 Å². The molecule has 3 aliphatic rings. The fourth-order valence-corrected chi connectivity index (χ4v) is 5.54. The zero-order chi connectivity index (χ0) is 25.1. The van der Waals surface area contributed by atoms with E-state index in [1.165, 1.54) is 6.07 Å². The number of carbonyl (C=O) groups is 3. The number of allylic oxidation sites excluding steroid dienone is 1. The van der Waals surface area contributed by atoms with Crippen LogP contribution in [-0.4, -0.2) is 81.9 Å². The first kappa shape index (κ1) is 23.7. The third kappa shape index (κ3) is 3.11. The highest BCUT2D eigenvalue weighted by Gasteiger charge is 2.62. The van der Waals surface area contributed by atoms with E-state index in [-0.39, 0.29) is 42.9 Å². The number of nitrogens with zero attached hydrogens (tertiary/aromatic N) is 1. The van der Waals surface area contributed by atoms with E-state index in [4.69, 9.17) is 5.73 Å². The van der Waals surface area contributed by atoms with E-state index in [0.29, 0.717) is 11.3 Å². The van der Waals surface area contributed by atoms with Gasteiger partial charge < -0.3 is 41.5 Å². The van der Waals surface area contributed by atoms with Gasteiger partial charge in [0, 0.05) is 37.8 Å². The van der Waals surface area contributed by atoms with Crippen molar-refractivity contribution in [3.63, 3.8) is 0 Å². The van der Waals surface area contributed by atoms with E-state index in [9.17, 15) is 39.9 Å². The van der Waals surface area contributed by atoms with Crippen molar-refractivity contribution in [2.45, 2.75) is 24.5 Å². The number of primary amides is 1. The van der Waals surface area contributed by atoms with E-state index < -0.39 is 58.0 Å². The van der Waals surface area contributed by atoms with Gasteiger partial charge in [-0.05, 0) is 36.5 Å². The Morgan fingerprint density at radius 1 is 1.24 bits per heavy atom. The van der Waals surface area contributed by atoms with Crippen LogP contribution in [0.1, 0.15) is 22.3 Å². The lowest BCUT2D eigenvalue weighted by Gasteiger charge is -2.49. The van der Waals surface area contributed by atoms with Crippen LogP contribution in [-0.2, 0) is 16.0 Å². The first-order valence-corrected chi connectivity index (χ1v) is 10.8. The van der Waals surface area contributed by atoms with Gasteiger partial charge in [0.15, 0.2) is 11.4 Å². The standard InChI is InChI=1S/C23H27N3O8/c1-26(2)12-3-4-13(28)15-10(12)7-9-8-11-17(25-5-6-27)19(30)16(22(24)33)21(32)23(11,34)20(31)14(9)18(15)29/h3-4,9,11,17,25,27-28,30-31,34H,5-8H2,1-2H3,(H2,24,33)/t9-,11-,17?,23-/m0/s1. The number of benzene rings is 1. The Hall–Kier alpha value is -3.41. The molecule has 0 bridgehead atoms. The summed E-state index contributed by atoms with van der Waals surface area (Å²) in [6, 6.07) is 1.82. The number of aromatic hydroxyl groups is 1. The van der Waals surface area contributed by atoms with Crippen molar-refractivity contribution in [2.24, 2.45) is 17.6 Å². The molecule has 8 N–H and O–H groups in total. The lowest BCUT2D eigenvalue weighted by atomic mass is 9.58. The van der Waals surface area contributed by atoms with E-state index in [0.717, 1.165) is 0 Å². The number of fused-ring (bicyclic) bond motifs is 3. The fourth-order valence-electron chi connectivity index (χ4n) is 5.54. The molecular formula is C23H27N3O8. The number of aliphatic hydroxyl groups is 4. The topological polar surface area (TPSA) is 194 Å². The number of ketones is 2. The number of hydrogen-bond acceptors (Lipinski definition) is 10. The molecule has 1 aromatic rings. The normalized spacial score (nSPS) is 28.4. The number of rotatable bonds is 5. The van der Waals surface area contributed by atoms with Crippen LogP contribution in [0.2, 0.25) is 0 Å². The van der Waals surface area contributed by atoms with Crippen molar-refractivity contribution in [3.8, 4) is 5.75 Å². The van der Waals surface area contributed by atoms with Crippen LogP contribution in [0.4, 0.5) is 5.69 Å². The smallest absolute Gasteiger partial charge is 0.255 e. The Labute approximate surface area is 194 Å². The number of nitrogens with one attached hydrogen (secondary N) is 1. The summed E-state index contributed by atoms with van der Waals surface area (Å²) in [5, 5.41) is 55.9.